The zero-order valence-corrected chi connectivity index (χ0v) is 6.71. The standard InChI is InChI=1S/C7H16N2O/c1-6-5-10-4-3-9(6)7(2)8/h6-7H,3-5,8H2,1-2H3/t6-,7?/m0/s1. The lowest BCUT2D eigenvalue weighted by molar-refractivity contribution is -0.0172. The van der Waals surface area contributed by atoms with Crippen molar-refractivity contribution in [2.75, 3.05) is 19.8 Å². The van der Waals surface area contributed by atoms with Gasteiger partial charge in [-0.25, -0.2) is 0 Å². The van der Waals surface area contributed by atoms with Crippen LogP contribution in [0.1, 0.15) is 13.8 Å². The summed E-state index contributed by atoms with van der Waals surface area (Å²) in [6, 6.07) is 0.480. The molecule has 2 atom stereocenters. The van der Waals surface area contributed by atoms with Crippen LogP contribution in [0.2, 0.25) is 0 Å². The molecule has 3 heteroatoms. The van der Waals surface area contributed by atoms with Gasteiger partial charge in [-0.2, -0.15) is 0 Å². The Kier molecular flexibility index (Phi) is 2.65. The van der Waals surface area contributed by atoms with Crippen LogP contribution >= 0.6 is 0 Å². The van der Waals surface area contributed by atoms with Crippen LogP contribution in [0.15, 0.2) is 0 Å². The van der Waals surface area contributed by atoms with E-state index in [1.807, 2.05) is 6.92 Å². The van der Waals surface area contributed by atoms with Crippen molar-refractivity contribution < 1.29 is 4.74 Å². The number of morpholine rings is 1. The highest BCUT2D eigenvalue weighted by atomic mass is 16.5. The minimum Gasteiger partial charge on any atom is -0.379 e. The summed E-state index contributed by atoms with van der Waals surface area (Å²) in [5.41, 5.74) is 5.73. The fourth-order valence-electron chi connectivity index (χ4n) is 1.35. The normalized spacial score (nSPS) is 32.1. The summed E-state index contributed by atoms with van der Waals surface area (Å²) in [5.74, 6) is 0. The van der Waals surface area contributed by atoms with Gasteiger partial charge in [-0.3, -0.25) is 4.90 Å². The number of nitrogens with two attached hydrogens (primary N) is 1. The molecule has 0 saturated carbocycles. The molecule has 1 saturated heterocycles. The Labute approximate surface area is 62.1 Å². The van der Waals surface area contributed by atoms with Crippen LogP contribution in [0.5, 0.6) is 0 Å². The van der Waals surface area contributed by atoms with Gasteiger partial charge in [0, 0.05) is 12.6 Å². The van der Waals surface area contributed by atoms with Crippen LogP contribution in [0.25, 0.3) is 0 Å². The van der Waals surface area contributed by atoms with Gasteiger partial charge >= 0.3 is 0 Å². The molecule has 0 aromatic heterocycles. The number of hydrogen-bond acceptors (Lipinski definition) is 3. The second kappa shape index (κ2) is 3.32. The maximum Gasteiger partial charge on any atom is 0.0620 e. The van der Waals surface area contributed by atoms with Gasteiger partial charge in [-0.05, 0) is 13.8 Å². The molecule has 0 aromatic carbocycles. The van der Waals surface area contributed by atoms with Crippen molar-refractivity contribution in [1.82, 2.24) is 4.90 Å². The summed E-state index contributed by atoms with van der Waals surface area (Å²) in [5, 5.41) is 0. The molecule has 1 fully saturated rings. The third-order valence-corrected chi connectivity index (χ3v) is 1.94. The summed E-state index contributed by atoms with van der Waals surface area (Å²) in [4.78, 5) is 2.25. The fraction of sp³-hybridized carbons (Fsp3) is 1.00. The zero-order valence-electron chi connectivity index (χ0n) is 6.71. The molecule has 0 bridgehead atoms. The smallest absolute Gasteiger partial charge is 0.0620 e. The first-order valence-electron chi connectivity index (χ1n) is 3.81. The highest BCUT2D eigenvalue weighted by Crippen LogP contribution is 2.06. The largest absolute Gasteiger partial charge is 0.379 e. The molecular weight excluding hydrogens is 128 g/mol. The number of hydrogen-bond donors (Lipinski definition) is 1. The Morgan fingerprint density at radius 1 is 1.70 bits per heavy atom. The van der Waals surface area contributed by atoms with E-state index < -0.39 is 0 Å². The van der Waals surface area contributed by atoms with Crippen molar-refractivity contribution in [2.24, 2.45) is 5.73 Å². The fourth-order valence-corrected chi connectivity index (χ4v) is 1.35. The number of nitrogens with zero attached hydrogens (tertiary/aromatic N) is 1. The van der Waals surface area contributed by atoms with E-state index in [0.29, 0.717) is 6.04 Å². The van der Waals surface area contributed by atoms with Crippen molar-refractivity contribution in [1.29, 1.82) is 0 Å². The predicted octanol–water partition coefficient (Wildman–Crippen LogP) is 0.0118. The lowest BCUT2D eigenvalue weighted by Crippen LogP contribution is -2.51. The first-order valence-corrected chi connectivity index (χ1v) is 3.81. The quantitative estimate of drug-likeness (QED) is 0.563. The van der Waals surface area contributed by atoms with Gasteiger partial charge < -0.3 is 10.5 Å². The average Bonchev–Trinajstić information content (AvgIpc) is 1.88. The van der Waals surface area contributed by atoms with Crippen molar-refractivity contribution in [2.45, 2.75) is 26.1 Å². The van der Waals surface area contributed by atoms with E-state index in [2.05, 4.69) is 11.8 Å². The molecule has 1 heterocycles. The van der Waals surface area contributed by atoms with Crippen LogP contribution in [0, 0.1) is 0 Å². The molecule has 1 aliphatic rings. The van der Waals surface area contributed by atoms with E-state index in [4.69, 9.17) is 10.5 Å². The highest BCUT2D eigenvalue weighted by molar-refractivity contribution is 4.72. The summed E-state index contributed by atoms with van der Waals surface area (Å²) in [6.45, 7) is 6.77. The number of ether oxygens (including phenoxy) is 1. The van der Waals surface area contributed by atoms with Gasteiger partial charge in [0.05, 0.1) is 19.4 Å². The number of rotatable bonds is 1. The summed E-state index contributed by atoms with van der Waals surface area (Å²) < 4.78 is 5.26. The molecule has 0 aromatic rings. The lowest BCUT2D eigenvalue weighted by atomic mass is 10.2. The van der Waals surface area contributed by atoms with Gasteiger partial charge in [-0.1, -0.05) is 0 Å². The maximum absolute atomic E-state index is 5.73. The maximum atomic E-state index is 5.73. The van der Waals surface area contributed by atoms with Gasteiger partial charge in [0.2, 0.25) is 0 Å². The van der Waals surface area contributed by atoms with E-state index in [0.717, 1.165) is 19.8 Å². The molecule has 1 unspecified atom stereocenters. The second-order valence-corrected chi connectivity index (χ2v) is 2.90. The van der Waals surface area contributed by atoms with Crippen LogP contribution in [0.4, 0.5) is 0 Å². The second-order valence-electron chi connectivity index (χ2n) is 2.90. The van der Waals surface area contributed by atoms with Crippen molar-refractivity contribution in [3.8, 4) is 0 Å². The Morgan fingerprint density at radius 2 is 2.40 bits per heavy atom. The molecule has 0 radical (unpaired) electrons. The molecular formula is C7H16N2O. The Balaban J connectivity index is 2.40. The molecule has 0 amide bonds. The van der Waals surface area contributed by atoms with Crippen molar-refractivity contribution in [3.63, 3.8) is 0 Å². The first-order chi connectivity index (χ1) is 4.72. The Hall–Kier alpha value is -0.120. The Bertz CT molecular complexity index is 106. The van der Waals surface area contributed by atoms with Crippen molar-refractivity contribution >= 4 is 0 Å². The molecule has 1 aliphatic heterocycles. The molecule has 60 valence electrons. The molecule has 0 aliphatic carbocycles. The average molecular weight is 144 g/mol. The van der Waals surface area contributed by atoms with Crippen LogP contribution in [-0.2, 0) is 4.74 Å². The third-order valence-electron chi connectivity index (χ3n) is 1.94. The molecule has 2 N–H and O–H groups in total. The van der Waals surface area contributed by atoms with E-state index in [9.17, 15) is 0 Å². The molecule has 10 heavy (non-hydrogen) atoms. The Morgan fingerprint density at radius 3 is 2.80 bits per heavy atom. The van der Waals surface area contributed by atoms with E-state index in [1.165, 1.54) is 0 Å². The lowest BCUT2D eigenvalue weighted by Gasteiger charge is -2.35. The monoisotopic (exact) mass is 144 g/mol. The minimum absolute atomic E-state index is 0.166. The SMILES string of the molecule is CC(N)N1CCOC[C@@H]1C. The topological polar surface area (TPSA) is 38.5 Å². The predicted molar refractivity (Wildman–Crippen MR) is 40.6 cm³/mol. The summed E-state index contributed by atoms with van der Waals surface area (Å²) in [6.07, 6.45) is 0.166. The van der Waals surface area contributed by atoms with Crippen LogP contribution in [0.3, 0.4) is 0 Å². The minimum atomic E-state index is 0.166. The molecule has 1 rings (SSSR count). The van der Waals surface area contributed by atoms with Crippen molar-refractivity contribution in [3.05, 3.63) is 0 Å². The molecule has 0 spiro atoms. The van der Waals surface area contributed by atoms with E-state index in [-0.39, 0.29) is 6.17 Å². The molecule has 3 nitrogen and oxygen atoms in total. The summed E-state index contributed by atoms with van der Waals surface area (Å²) >= 11 is 0. The van der Waals surface area contributed by atoms with Gasteiger partial charge in [0.15, 0.2) is 0 Å². The third kappa shape index (κ3) is 1.68. The zero-order chi connectivity index (χ0) is 7.56. The van der Waals surface area contributed by atoms with E-state index >= 15 is 0 Å². The highest BCUT2D eigenvalue weighted by Gasteiger charge is 2.20. The van der Waals surface area contributed by atoms with Gasteiger partial charge in [0.1, 0.15) is 0 Å². The van der Waals surface area contributed by atoms with Gasteiger partial charge in [-0.15, -0.1) is 0 Å². The van der Waals surface area contributed by atoms with Crippen LogP contribution < -0.4 is 5.73 Å². The van der Waals surface area contributed by atoms with E-state index in [1.54, 1.807) is 0 Å². The van der Waals surface area contributed by atoms with Gasteiger partial charge in [0.25, 0.3) is 0 Å². The summed E-state index contributed by atoms with van der Waals surface area (Å²) in [7, 11) is 0. The van der Waals surface area contributed by atoms with Crippen LogP contribution in [-0.4, -0.2) is 36.9 Å². The first kappa shape index (κ1) is 7.98.